The van der Waals surface area contributed by atoms with Crippen molar-refractivity contribution in [2.24, 2.45) is 0 Å². The van der Waals surface area contributed by atoms with Crippen molar-refractivity contribution in [3.63, 3.8) is 0 Å². The van der Waals surface area contributed by atoms with Crippen LogP contribution in [0.1, 0.15) is 20.8 Å². The Morgan fingerprint density at radius 3 is 2.63 bits per heavy atom. The topological polar surface area (TPSA) is 37.3 Å². The molecule has 102 valence electrons. The number of thioether (sulfide) groups is 1. The van der Waals surface area contributed by atoms with Crippen LogP contribution in [0.2, 0.25) is 0 Å². The van der Waals surface area contributed by atoms with Gasteiger partial charge < -0.3 is 5.11 Å². The van der Waals surface area contributed by atoms with Crippen LogP contribution in [0.25, 0.3) is 0 Å². The molecular weight excluding hydrogens is 280 g/mol. The third kappa shape index (κ3) is 3.68. The second-order valence-corrected chi connectivity index (χ2v) is 6.17. The highest BCUT2D eigenvalue weighted by Crippen LogP contribution is 2.41. The monoisotopic (exact) mass is 296 g/mol. The van der Waals surface area contributed by atoms with E-state index in [1.807, 2.05) is 19.9 Å². The molecule has 2 atom stereocenters. The largest absolute Gasteiger partial charge is 0.510 e. The number of hydrogen-bond acceptors (Lipinski definition) is 3. The number of allylic oxidation sites excluding steroid dienone is 3. The van der Waals surface area contributed by atoms with Crippen molar-refractivity contribution in [1.82, 2.24) is 0 Å². The molecule has 1 rings (SSSR count). The molecule has 1 aliphatic heterocycles. The van der Waals surface area contributed by atoms with Gasteiger partial charge in [-0.2, -0.15) is 0 Å². The zero-order valence-corrected chi connectivity index (χ0v) is 12.8. The van der Waals surface area contributed by atoms with Crippen LogP contribution in [0.3, 0.4) is 0 Å². The standard InChI is InChI=1S/C15H17ClO2S/c1-5-6-12(7-9(2)8-16)15-14(18)13(10(3)17)11(4)19-15/h1,6-7,11,15,18H,8H2,2-4H3/b9-7-,12-6+. The number of carbonyl (C=O) groups excluding carboxylic acids is 1. The second-order valence-electron chi connectivity index (χ2n) is 4.45. The molecule has 1 aliphatic rings. The maximum absolute atomic E-state index is 11.5. The second kappa shape index (κ2) is 6.88. The molecule has 1 heterocycles. The number of halogens is 1. The van der Waals surface area contributed by atoms with Crippen LogP contribution in [0.4, 0.5) is 0 Å². The van der Waals surface area contributed by atoms with Crippen LogP contribution in [0.15, 0.2) is 34.6 Å². The van der Waals surface area contributed by atoms with E-state index in [1.165, 1.54) is 18.7 Å². The summed E-state index contributed by atoms with van der Waals surface area (Å²) < 4.78 is 0. The summed E-state index contributed by atoms with van der Waals surface area (Å²) in [6.07, 6.45) is 8.81. The van der Waals surface area contributed by atoms with Gasteiger partial charge in [-0.3, -0.25) is 4.79 Å². The first-order valence-corrected chi connectivity index (χ1v) is 7.38. The van der Waals surface area contributed by atoms with E-state index < -0.39 is 0 Å². The van der Waals surface area contributed by atoms with Gasteiger partial charge in [0.2, 0.25) is 0 Å². The van der Waals surface area contributed by atoms with Crippen LogP contribution >= 0.6 is 23.4 Å². The molecule has 0 aromatic heterocycles. The zero-order valence-electron chi connectivity index (χ0n) is 11.2. The summed E-state index contributed by atoms with van der Waals surface area (Å²) in [6.45, 7) is 5.27. The molecule has 0 amide bonds. The highest BCUT2D eigenvalue weighted by atomic mass is 35.5. The first-order chi connectivity index (χ1) is 8.92. The SMILES string of the molecule is C#C/C=C(\C=C(\C)CCl)C1SC(C)C(C(C)=O)=C1O. The van der Waals surface area contributed by atoms with Crippen molar-refractivity contribution in [1.29, 1.82) is 0 Å². The van der Waals surface area contributed by atoms with Crippen molar-refractivity contribution in [2.45, 2.75) is 31.3 Å². The molecule has 0 aromatic rings. The lowest BCUT2D eigenvalue weighted by molar-refractivity contribution is -0.113. The van der Waals surface area contributed by atoms with E-state index in [2.05, 4.69) is 5.92 Å². The van der Waals surface area contributed by atoms with Crippen LogP contribution in [0.5, 0.6) is 0 Å². The minimum Gasteiger partial charge on any atom is -0.510 e. The Kier molecular flexibility index (Phi) is 5.78. The van der Waals surface area contributed by atoms with Crippen molar-refractivity contribution in [3.8, 4) is 12.3 Å². The number of alkyl halides is 1. The number of ketones is 1. The molecular formula is C15H17ClO2S. The highest BCUT2D eigenvalue weighted by Gasteiger charge is 2.35. The fraction of sp³-hybridized carbons (Fsp3) is 0.400. The van der Waals surface area contributed by atoms with E-state index in [4.69, 9.17) is 18.0 Å². The smallest absolute Gasteiger partial charge is 0.160 e. The average molecular weight is 297 g/mol. The van der Waals surface area contributed by atoms with Crippen molar-refractivity contribution in [2.75, 3.05) is 5.88 Å². The number of terminal acetylenes is 1. The summed E-state index contributed by atoms with van der Waals surface area (Å²) in [5.41, 5.74) is 2.24. The van der Waals surface area contributed by atoms with E-state index >= 15 is 0 Å². The van der Waals surface area contributed by atoms with Gasteiger partial charge in [0, 0.05) is 16.7 Å². The predicted molar refractivity (Wildman–Crippen MR) is 82.6 cm³/mol. The molecule has 0 aromatic carbocycles. The molecule has 19 heavy (non-hydrogen) atoms. The highest BCUT2D eigenvalue weighted by molar-refractivity contribution is 8.01. The number of rotatable bonds is 4. The molecule has 0 bridgehead atoms. The number of hydrogen-bond donors (Lipinski definition) is 1. The van der Waals surface area contributed by atoms with Gasteiger partial charge in [-0.1, -0.05) is 17.6 Å². The summed E-state index contributed by atoms with van der Waals surface area (Å²) in [7, 11) is 0. The summed E-state index contributed by atoms with van der Waals surface area (Å²) >= 11 is 7.28. The molecule has 2 nitrogen and oxygen atoms in total. The maximum atomic E-state index is 11.5. The van der Waals surface area contributed by atoms with Gasteiger partial charge >= 0.3 is 0 Å². The quantitative estimate of drug-likeness (QED) is 0.489. The molecule has 0 aliphatic carbocycles. The Balaban J connectivity index is 3.19. The molecule has 0 saturated carbocycles. The number of carbonyl (C=O) groups is 1. The Bertz CT molecular complexity index is 509. The molecule has 2 unspecified atom stereocenters. The van der Waals surface area contributed by atoms with Gasteiger partial charge in [0.05, 0.1) is 5.25 Å². The molecule has 0 spiro atoms. The van der Waals surface area contributed by atoms with Crippen molar-refractivity contribution in [3.05, 3.63) is 34.6 Å². The molecule has 0 fully saturated rings. The normalized spacial score (nSPS) is 24.6. The average Bonchev–Trinajstić information content (AvgIpc) is 2.63. The van der Waals surface area contributed by atoms with Gasteiger partial charge in [-0.15, -0.1) is 29.8 Å². The predicted octanol–water partition coefficient (Wildman–Crippen LogP) is 3.64. The molecule has 1 N–H and O–H groups in total. The first-order valence-electron chi connectivity index (χ1n) is 5.91. The van der Waals surface area contributed by atoms with E-state index in [9.17, 15) is 9.90 Å². The van der Waals surface area contributed by atoms with E-state index in [0.29, 0.717) is 11.5 Å². The third-order valence-electron chi connectivity index (χ3n) is 2.83. The Hall–Kier alpha value is -1.11. The number of aliphatic hydroxyl groups is 1. The zero-order chi connectivity index (χ0) is 14.6. The van der Waals surface area contributed by atoms with Gasteiger partial charge in [-0.05, 0) is 32.4 Å². The van der Waals surface area contributed by atoms with E-state index in [0.717, 1.165) is 11.1 Å². The van der Waals surface area contributed by atoms with E-state index in [-0.39, 0.29) is 22.0 Å². The minimum atomic E-state index is -0.289. The van der Waals surface area contributed by atoms with Crippen LogP contribution in [-0.4, -0.2) is 27.3 Å². The van der Waals surface area contributed by atoms with Crippen LogP contribution in [-0.2, 0) is 4.79 Å². The fourth-order valence-corrected chi connectivity index (χ4v) is 3.46. The van der Waals surface area contributed by atoms with Gasteiger partial charge in [0.1, 0.15) is 5.76 Å². The van der Waals surface area contributed by atoms with Gasteiger partial charge in [0.15, 0.2) is 5.78 Å². The summed E-state index contributed by atoms with van der Waals surface area (Å²) in [6, 6.07) is 0. The number of Topliss-reactive ketones (excluding diaryl/α,β-unsaturated/α-hetero) is 1. The summed E-state index contributed by atoms with van der Waals surface area (Å²) in [4.78, 5) is 11.5. The summed E-state index contributed by atoms with van der Waals surface area (Å²) in [5.74, 6) is 2.89. The Morgan fingerprint density at radius 1 is 1.58 bits per heavy atom. The fourth-order valence-electron chi connectivity index (χ4n) is 2.00. The van der Waals surface area contributed by atoms with Crippen molar-refractivity contribution < 1.29 is 9.90 Å². The first kappa shape index (κ1) is 15.9. The van der Waals surface area contributed by atoms with Crippen LogP contribution < -0.4 is 0 Å². The van der Waals surface area contributed by atoms with Crippen molar-refractivity contribution >= 4 is 29.1 Å². The molecule has 0 radical (unpaired) electrons. The summed E-state index contributed by atoms with van der Waals surface area (Å²) in [5, 5.41) is 9.92. The Labute approximate surface area is 123 Å². The minimum absolute atomic E-state index is 0.0339. The maximum Gasteiger partial charge on any atom is 0.160 e. The third-order valence-corrected chi connectivity index (χ3v) is 4.66. The number of aliphatic hydroxyl groups excluding tert-OH is 1. The van der Waals surface area contributed by atoms with E-state index in [1.54, 1.807) is 6.08 Å². The Morgan fingerprint density at radius 2 is 2.21 bits per heavy atom. The lowest BCUT2D eigenvalue weighted by Crippen LogP contribution is -2.08. The lowest BCUT2D eigenvalue weighted by Gasteiger charge is -2.12. The lowest BCUT2D eigenvalue weighted by atomic mass is 10.0. The van der Waals surface area contributed by atoms with Gasteiger partial charge in [-0.25, -0.2) is 0 Å². The molecule has 0 saturated heterocycles. The molecule has 4 heteroatoms. The van der Waals surface area contributed by atoms with Gasteiger partial charge in [0.25, 0.3) is 0 Å². The van der Waals surface area contributed by atoms with Crippen LogP contribution in [0, 0.1) is 12.3 Å².